The number of anilines is 1. The molecule has 0 spiro atoms. The molecule has 1 aliphatic heterocycles. The zero-order valence-electron chi connectivity index (χ0n) is 18.2. The highest BCUT2D eigenvalue weighted by Crippen LogP contribution is 2.21. The van der Waals surface area contributed by atoms with E-state index in [1.54, 1.807) is 14.2 Å². The van der Waals surface area contributed by atoms with Crippen molar-refractivity contribution in [3.05, 3.63) is 53.7 Å². The van der Waals surface area contributed by atoms with E-state index < -0.39 is 0 Å². The van der Waals surface area contributed by atoms with Gasteiger partial charge in [-0.1, -0.05) is 25.1 Å². The first kappa shape index (κ1) is 21.9. The second-order valence-electron chi connectivity index (χ2n) is 7.40. The molecule has 2 aromatic rings. The van der Waals surface area contributed by atoms with Crippen molar-refractivity contribution < 1.29 is 9.47 Å². The molecule has 7 nitrogen and oxygen atoms in total. The van der Waals surface area contributed by atoms with Crippen molar-refractivity contribution in [1.29, 1.82) is 0 Å². The number of benzene rings is 1. The van der Waals surface area contributed by atoms with E-state index in [-0.39, 0.29) is 0 Å². The maximum atomic E-state index is 5.46. The van der Waals surface area contributed by atoms with E-state index in [0.29, 0.717) is 12.5 Å². The molecule has 7 heteroatoms. The van der Waals surface area contributed by atoms with Crippen LogP contribution in [-0.4, -0.2) is 57.9 Å². The van der Waals surface area contributed by atoms with Gasteiger partial charge in [0.05, 0.1) is 20.3 Å². The van der Waals surface area contributed by atoms with E-state index >= 15 is 0 Å². The van der Waals surface area contributed by atoms with Crippen LogP contribution < -0.4 is 20.3 Å². The fraction of sp³-hybridized carbons (Fsp3) is 0.478. The van der Waals surface area contributed by atoms with Crippen LogP contribution >= 0.6 is 0 Å². The zero-order chi connectivity index (χ0) is 21.2. The quantitative estimate of drug-likeness (QED) is 0.514. The average molecular weight is 412 g/mol. The Balaban J connectivity index is 1.48. The third kappa shape index (κ3) is 6.10. The summed E-state index contributed by atoms with van der Waals surface area (Å²) in [7, 11) is 3.49. The van der Waals surface area contributed by atoms with E-state index in [9.17, 15) is 0 Å². The number of guanidine groups is 1. The van der Waals surface area contributed by atoms with Crippen LogP contribution in [0.3, 0.4) is 0 Å². The summed E-state index contributed by atoms with van der Waals surface area (Å²) < 4.78 is 10.7. The maximum Gasteiger partial charge on any atom is 0.191 e. The Morgan fingerprint density at radius 1 is 1.20 bits per heavy atom. The lowest BCUT2D eigenvalue weighted by Crippen LogP contribution is -2.39. The molecule has 0 radical (unpaired) electrons. The number of nitrogens with one attached hydrogen (secondary N) is 2. The lowest BCUT2D eigenvalue weighted by Gasteiger charge is -2.29. The summed E-state index contributed by atoms with van der Waals surface area (Å²) in [6.07, 6.45) is 2.86. The number of methoxy groups -OCH3 is 1. The zero-order valence-corrected chi connectivity index (χ0v) is 18.2. The molecule has 1 aromatic heterocycles. The minimum Gasteiger partial charge on any atom is -0.497 e. The summed E-state index contributed by atoms with van der Waals surface area (Å²) in [4.78, 5) is 11.2. The van der Waals surface area contributed by atoms with Gasteiger partial charge >= 0.3 is 0 Å². The van der Waals surface area contributed by atoms with E-state index in [2.05, 4.69) is 50.6 Å². The first-order valence-electron chi connectivity index (χ1n) is 10.6. The molecule has 1 saturated heterocycles. The number of morpholine rings is 1. The van der Waals surface area contributed by atoms with Gasteiger partial charge in [0.15, 0.2) is 5.96 Å². The molecular formula is C23H33N5O2. The highest BCUT2D eigenvalue weighted by molar-refractivity contribution is 5.79. The molecule has 2 N–H and O–H groups in total. The van der Waals surface area contributed by atoms with Crippen molar-refractivity contribution in [2.45, 2.75) is 25.8 Å². The van der Waals surface area contributed by atoms with Crippen LogP contribution in [0.15, 0.2) is 47.6 Å². The normalized spacial score (nSPS) is 15.6. The fourth-order valence-corrected chi connectivity index (χ4v) is 3.53. The number of rotatable bonds is 8. The SMILES string of the molecule is CN=C(NCCC(C)c1ccc(OC)cc1)NCc1cccnc1N1CCOCC1. The van der Waals surface area contributed by atoms with Crippen LogP contribution in [0, 0.1) is 0 Å². The highest BCUT2D eigenvalue weighted by atomic mass is 16.5. The van der Waals surface area contributed by atoms with Crippen LogP contribution in [-0.2, 0) is 11.3 Å². The number of hydrogen-bond acceptors (Lipinski definition) is 5. The molecule has 3 rings (SSSR count). The van der Waals surface area contributed by atoms with Crippen molar-refractivity contribution in [2.75, 3.05) is 51.9 Å². The molecule has 1 aromatic carbocycles. The Bertz CT molecular complexity index is 803. The smallest absolute Gasteiger partial charge is 0.191 e. The maximum absolute atomic E-state index is 5.46. The van der Waals surface area contributed by atoms with Gasteiger partial charge in [-0.05, 0) is 36.1 Å². The Morgan fingerprint density at radius 2 is 1.97 bits per heavy atom. The Kier molecular flexibility index (Phi) is 8.32. The van der Waals surface area contributed by atoms with Crippen LogP contribution in [0.2, 0.25) is 0 Å². The predicted octanol–water partition coefficient (Wildman–Crippen LogP) is 2.79. The van der Waals surface area contributed by atoms with Gasteiger partial charge in [-0.3, -0.25) is 4.99 Å². The minimum atomic E-state index is 0.452. The Labute approximate surface area is 179 Å². The summed E-state index contributed by atoms with van der Waals surface area (Å²) >= 11 is 0. The molecule has 1 unspecified atom stereocenters. The summed E-state index contributed by atoms with van der Waals surface area (Å²) in [6, 6.07) is 12.4. The molecule has 1 atom stereocenters. The number of hydrogen-bond donors (Lipinski definition) is 2. The number of ether oxygens (including phenoxy) is 2. The van der Waals surface area contributed by atoms with E-state index in [1.165, 1.54) is 5.56 Å². The monoisotopic (exact) mass is 411 g/mol. The molecule has 0 amide bonds. The first-order valence-corrected chi connectivity index (χ1v) is 10.6. The van der Waals surface area contributed by atoms with Crippen LogP contribution in [0.4, 0.5) is 5.82 Å². The first-order chi connectivity index (χ1) is 14.7. The average Bonchev–Trinajstić information content (AvgIpc) is 2.82. The molecule has 0 aliphatic carbocycles. The van der Waals surface area contributed by atoms with Crippen molar-refractivity contribution in [3.8, 4) is 5.75 Å². The van der Waals surface area contributed by atoms with Gasteiger partial charge in [-0.15, -0.1) is 0 Å². The summed E-state index contributed by atoms with van der Waals surface area (Å²) in [6.45, 7) is 7.01. The number of pyridine rings is 1. The van der Waals surface area contributed by atoms with Crippen LogP contribution in [0.25, 0.3) is 0 Å². The van der Waals surface area contributed by atoms with Gasteiger partial charge in [0.2, 0.25) is 0 Å². The van der Waals surface area contributed by atoms with E-state index in [1.807, 2.05) is 24.4 Å². The number of aromatic nitrogens is 1. The summed E-state index contributed by atoms with van der Waals surface area (Å²) in [5, 5.41) is 6.84. The second-order valence-corrected chi connectivity index (χ2v) is 7.40. The van der Waals surface area contributed by atoms with E-state index in [0.717, 1.165) is 62.4 Å². The van der Waals surface area contributed by atoms with Crippen molar-refractivity contribution in [2.24, 2.45) is 4.99 Å². The standard InChI is InChI=1S/C23H33N5O2/c1-18(19-6-8-21(29-3)9-7-19)10-12-26-23(24-2)27-17-20-5-4-11-25-22(20)28-13-15-30-16-14-28/h4-9,11,18H,10,12-17H2,1-3H3,(H2,24,26,27). The molecule has 2 heterocycles. The van der Waals surface area contributed by atoms with Crippen molar-refractivity contribution >= 4 is 11.8 Å². The second kappa shape index (κ2) is 11.4. The van der Waals surface area contributed by atoms with Gasteiger partial charge in [0.1, 0.15) is 11.6 Å². The van der Waals surface area contributed by atoms with Gasteiger partial charge < -0.3 is 25.0 Å². The fourth-order valence-electron chi connectivity index (χ4n) is 3.53. The van der Waals surface area contributed by atoms with E-state index in [4.69, 9.17) is 9.47 Å². The minimum absolute atomic E-state index is 0.452. The summed E-state index contributed by atoms with van der Waals surface area (Å²) in [5.74, 6) is 3.17. The molecule has 0 saturated carbocycles. The molecule has 1 fully saturated rings. The Morgan fingerprint density at radius 3 is 2.67 bits per heavy atom. The number of nitrogens with zero attached hydrogens (tertiary/aromatic N) is 3. The molecular weight excluding hydrogens is 378 g/mol. The third-order valence-corrected chi connectivity index (χ3v) is 5.40. The molecule has 0 bridgehead atoms. The van der Waals surface area contributed by atoms with Crippen molar-refractivity contribution in [1.82, 2.24) is 15.6 Å². The third-order valence-electron chi connectivity index (χ3n) is 5.40. The highest BCUT2D eigenvalue weighted by Gasteiger charge is 2.16. The molecule has 30 heavy (non-hydrogen) atoms. The van der Waals surface area contributed by atoms with Gasteiger partial charge in [0.25, 0.3) is 0 Å². The van der Waals surface area contributed by atoms with Gasteiger partial charge in [-0.25, -0.2) is 4.98 Å². The van der Waals surface area contributed by atoms with Gasteiger partial charge in [-0.2, -0.15) is 0 Å². The lowest BCUT2D eigenvalue weighted by molar-refractivity contribution is 0.122. The van der Waals surface area contributed by atoms with Gasteiger partial charge in [0, 0.05) is 45.0 Å². The topological polar surface area (TPSA) is 71.0 Å². The van der Waals surface area contributed by atoms with Crippen LogP contribution in [0.1, 0.15) is 30.4 Å². The van der Waals surface area contributed by atoms with Crippen LogP contribution in [0.5, 0.6) is 5.75 Å². The molecule has 1 aliphatic rings. The Hall–Kier alpha value is -2.80. The lowest BCUT2D eigenvalue weighted by atomic mass is 9.98. The predicted molar refractivity (Wildman–Crippen MR) is 121 cm³/mol. The van der Waals surface area contributed by atoms with Crippen molar-refractivity contribution in [3.63, 3.8) is 0 Å². The molecule has 162 valence electrons. The largest absolute Gasteiger partial charge is 0.497 e. The summed E-state index contributed by atoms with van der Waals surface area (Å²) in [5.41, 5.74) is 2.47. The number of aliphatic imine (C=N–C) groups is 1.